The molecule has 0 amide bonds. The van der Waals surface area contributed by atoms with Crippen LogP contribution in [-0.4, -0.2) is 10.3 Å². The summed E-state index contributed by atoms with van der Waals surface area (Å²) in [5.41, 5.74) is 0.975. The van der Waals surface area contributed by atoms with Crippen molar-refractivity contribution in [3.05, 3.63) is 34.3 Å². The van der Waals surface area contributed by atoms with Gasteiger partial charge in [0.05, 0.1) is 0 Å². The number of benzene rings is 1. The lowest BCUT2D eigenvalue weighted by molar-refractivity contribution is -0.146. The standard InChI is InChI=1S/C11H12Br2O2/c1-11(2,13)10(14)15-7-8-3-5-9(12)6-4-8/h3-6H,7H2,1-2H3. The first kappa shape index (κ1) is 12.7. The van der Waals surface area contributed by atoms with Crippen LogP contribution in [0.4, 0.5) is 0 Å². The molecule has 15 heavy (non-hydrogen) atoms. The molecule has 1 aromatic carbocycles. The van der Waals surface area contributed by atoms with Crippen molar-refractivity contribution in [2.45, 2.75) is 24.8 Å². The fraction of sp³-hybridized carbons (Fsp3) is 0.364. The molecule has 0 aliphatic carbocycles. The highest BCUT2D eigenvalue weighted by Gasteiger charge is 2.25. The molecule has 0 saturated carbocycles. The van der Waals surface area contributed by atoms with Crippen LogP contribution in [0, 0.1) is 0 Å². The predicted molar refractivity (Wildman–Crippen MR) is 66.9 cm³/mol. The largest absolute Gasteiger partial charge is 0.460 e. The highest BCUT2D eigenvalue weighted by Crippen LogP contribution is 2.18. The van der Waals surface area contributed by atoms with Gasteiger partial charge in [-0.3, -0.25) is 4.79 Å². The van der Waals surface area contributed by atoms with E-state index >= 15 is 0 Å². The SMILES string of the molecule is CC(C)(Br)C(=O)OCc1ccc(Br)cc1. The average Bonchev–Trinajstić information content (AvgIpc) is 2.15. The van der Waals surface area contributed by atoms with Crippen LogP contribution in [0.5, 0.6) is 0 Å². The maximum absolute atomic E-state index is 11.4. The lowest BCUT2D eigenvalue weighted by Gasteiger charge is -2.14. The van der Waals surface area contributed by atoms with Crippen LogP contribution in [0.25, 0.3) is 0 Å². The Kier molecular flexibility index (Phi) is 4.34. The van der Waals surface area contributed by atoms with Crippen LogP contribution in [0.1, 0.15) is 19.4 Å². The van der Waals surface area contributed by atoms with Gasteiger partial charge in [0.25, 0.3) is 0 Å². The first-order valence-corrected chi connectivity index (χ1v) is 6.09. The van der Waals surface area contributed by atoms with E-state index < -0.39 is 4.32 Å². The van der Waals surface area contributed by atoms with Crippen molar-refractivity contribution in [3.8, 4) is 0 Å². The molecule has 0 fully saturated rings. The summed E-state index contributed by atoms with van der Waals surface area (Å²) in [6, 6.07) is 7.67. The van der Waals surface area contributed by atoms with Gasteiger partial charge in [-0.05, 0) is 31.5 Å². The third kappa shape index (κ3) is 4.34. The van der Waals surface area contributed by atoms with Crippen molar-refractivity contribution in [1.82, 2.24) is 0 Å². The minimum atomic E-state index is -0.623. The predicted octanol–water partition coefficient (Wildman–Crippen LogP) is 3.67. The maximum Gasteiger partial charge on any atom is 0.322 e. The lowest BCUT2D eigenvalue weighted by Crippen LogP contribution is -2.26. The van der Waals surface area contributed by atoms with E-state index in [-0.39, 0.29) is 5.97 Å². The molecule has 0 radical (unpaired) electrons. The van der Waals surface area contributed by atoms with E-state index in [1.807, 2.05) is 24.3 Å². The highest BCUT2D eigenvalue weighted by atomic mass is 79.9. The summed E-state index contributed by atoms with van der Waals surface area (Å²) in [4.78, 5) is 11.4. The van der Waals surface area contributed by atoms with E-state index in [4.69, 9.17) is 4.74 Å². The van der Waals surface area contributed by atoms with Gasteiger partial charge in [-0.1, -0.05) is 44.0 Å². The second kappa shape index (κ2) is 5.12. The molecule has 0 saturated heterocycles. The van der Waals surface area contributed by atoms with Gasteiger partial charge in [-0.15, -0.1) is 0 Å². The summed E-state index contributed by atoms with van der Waals surface area (Å²) in [5.74, 6) is -0.259. The number of carbonyl (C=O) groups excluding carboxylic acids is 1. The van der Waals surface area contributed by atoms with Crippen LogP contribution < -0.4 is 0 Å². The molecule has 0 aromatic heterocycles. The van der Waals surface area contributed by atoms with Gasteiger partial charge in [0.15, 0.2) is 0 Å². The summed E-state index contributed by atoms with van der Waals surface area (Å²) in [6.45, 7) is 3.83. The summed E-state index contributed by atoms with van der Waals surface area (Å²) in [7, 11) is 0. The fourth-order valence-electron chi connectivity index (χ4n) is 0.901. The smallest absolute Gasteiger partial charge is 0.322 e. The number of esters is 1. The molecule has 0 atom stereocenters. The van der Waals surface area contributed by atoms with Crippen molar-refractivity contribution in [1.29, 1.82) is 0 Å². The Morgan fingerprint density at radius 2 is 1.87 bits per heavy atom. The van der Waals surface area contributed by atoms with Gasteiger partial charge in [-0.2, -0.15) is 0 Å². The minimum Gasteiger partial charge on any atom is -0.460 e. The van der Waals surface area contributed by atoms with Gasteiger partial charge < -0.3 is 4.74 Å². The Hall–Kier alpha value is -0.350. The summed E-state index contributed by atoms with van der Waals surface area (Å²) in [6.07, 6.45) is 0. The molecule has 0 aliphatic rings. The van der Waals surface area contributed by atoms with Crippen molar-refractivity contribution in [2.24, 2.45) is 0 Å². The zero-order valence-corrected chi connectivity index (χ0v) is 11.8. The molecule has 0 bridgehead atoms. The van der Waals surface area contributed by atoms with Crippen LogP contribution in [0.3, 0.4) is 0 Å². The van der Waals surface area contributed by atoms with Crippen molar-refractivity contribution >= 4 is 37.8 Å². The number of alkyl halides is 1. The topological polar surface area (TPSA) is 26.3 Å². The lowest BCUT2D eigenvalue weighted by atomic mass is 10.2. The second-order valence-corrected chi connectivity index (χ2v) is 6.57. The Bertz CT molecular complexity index is 339. The van der Waals surface area contributed by atoms with E-state index in [2.05, 4.69) is 31.9 Å². The molecule has 0 aliphatic heterocycles. The Morgan fingerprint density at radius 1 is 1.33 bits per heavy atom. The number of carbonyl (C=O) groups is 1. The first-order valence-electron chi connectivity index (χ1n) is 4.50. The van der Waals surface area contributed by atoms with E-state index in [1.165, 1.54) is 0 Å². The number of rotatable bonds is 3. The molecule has 0 spiro atoms. The summed E-state index contributed by atoms with van der Waals surface area (Å²) >= 11 is 6.59. The summed E-state index contributed by atoms with van der Waals surface area (Å²) in [5, 5.41) is 0. The molecular weight excluding hydrogens is 324 g/mol. The zero-order valence-electron chi connectivity index (χ0n) is 8.59. The van der Waals surface area contributed by atoms with Crippen LogP contribution >= 0.6 is 31.9 Å². The van der Waals surface area contributed by atoms with Crippen LogP contribution in [-0.2, 0) is 16.1 Å². The zero-order chi connectivity index (χ0) is 11.5. The number of halogens is 2. The third-order valence-electron chi connectivity index (χ3n) is 1.77. The number of ether oxygens (including phenoxy) is 1. The highest BCUT2D eigenvalue weighted by molar-refractivity contribution is 9.10. The molecule has 4 heteroatoms. The van der Waals surface area contributed by atoms with Gasteiger partial charge in [0.2, 0.25) is 0 Å². The molecule has 1 aromatic rings. The first-order chi connectivity index (χ1) is 6.89. The van der Waals surface area contributed by atoms with Gasteiger partial charge >= 0.3 is 5.97 Å². The monoisotopic (exact) mass is 334 g/mol. The van der Waals surface area contributed by atoms with E-state index in [1.54, 1.807) is 13.8 Å². The van der Waals surface area contributed by atoms with Crippen molar-refractivity contribution in [2.75, 3.05) is 0 Å². The van der Waals surface area contributed by atoms with Gasteiger partial charge in [0, 0.05) is 4.47 Å². The quantitative estimate of drug-likeness (QED) is 0.622. The summed E-state index contributed by atoms with van der Waals surface area (Å²) < 4.78 is 5.52. The molecule has 0 N–H and O–H groups in total. The molecule has 1 rings (SSSR count). The number of hydrogen-bond acceptors (Lipinski definition) is 2. The normalized spacial score (nSPS) is 11.2. The van der Waals surface area contributed by atoms with Crippen LogP contribution in [0.2, 0.25) is 0 Å². The van der Waals surface area contributed by atoms with Crippen LogP contribution in [0.15, 0.2) is 28.7 Å². The second-order valence-electron chi connectivity index (χ2n) is 3.68. The Labute approximate surface area is 106 Å². The molecular formula is C11H12Br2O2. The molecule has 0 unspecified atom stereocenters. The fourth-order valence-corrected chi connectivity index (χ4v) is 1.28. The number of hydrogen-bond donors (Lipinski definition) is 0. The molecule has 82 valence electrons. The maximum atomic E-state index is 11.4. The third-order valence-corrected chi connectivity index (χ3v) is 2.62. The average molecular weight is 336 g/mol. The van der Waals surface area contributed by atoms with Crippen molar-refractivity contribution < 1.29 is 9.53 Å². The van der Waals surface area contributed by atoms with E-state index in [0.29, 0.717) is 6.61 Å². The molecule has 0 heterocycles. The van der Waals surface area contributed by atoms with Gasteiger partial charge in [0.1, 0.15) is 10.9 Å². The van der Waals surface area contributed by atoms with Crippen molar-refractivity contribution in [3.63, 3.8) is 0 Å². The Morgan fingerprint density at radius 3 is 2.33 bits per heavy atom. The Balaban J connectivity index is 2.51. The van der Waals surface area contributed by atoms with Gasteiger partial charge in [-0.25, -0.2) is 0 Å². The van der Waals surface area contributed by atoms with E-state index in [9.17, 15) is 4.79 Å². The van der Waals surface area contributed by atoms with E-state index in [0.717, 1.165) is 10.0 Å². The molecule has 2 nitrogen and oxygen atoms in total. The minimum absolute atomic E-state index is 0.259.